The number of phosphoric ester groups is 2. The van der Waals surface area contributed by atoms with Crippen LogP contribution in [0.15, 0.2) is 0 Å². The van der Waals surface area contributed by atoms with Crippen molar-refractivity contribution in [1.82, 2.24) is 0 Å². The summed E-state index contributed by atoms with van der Waals surface area (Å²) < 4.78 is 67.8. The van der Waals surface area contributed by atoms with E-state index in [1.54, 1.807) is 0 Å². The van der Waals surface area contributed by atoms with Gasteiger partial charge < -0.3 is 33.8 Å². The number of rotatable bonds is 61. The molecule has 0 aliphatic carbocycles. The van der Waals surface area contributed by atoms with Gasteiger partial charge in [-0.3, -0.25) is 37.3 Å². The average Bonchev–Trinajstić information content (AvgIpc) is 3.42. The molecule has 0 fully saturated rings. The summed E-state index contributed by atoms with van der Waals surface area (Å²) in [6.45, 7) is 7.11. The molecule has 3 N–H and O–H groups in total. The lowest BCUT2D eigenvalue weighted by Gasteiger charge is -2.21. The highest BCUT2D eigenvalue weighted by atomic mass is 31.2. The molecule has 0 aliphatic heterocycles. The lowest BCUT2D eigenvalue weighted by atomic mass is 10.0. The van der Waals surface area contributed by atoms with Gasteiger partial charge in [-0.1, -0.05) is 253 Å². The molecule has 0 heterocycles. The summed E-state index contributed by atoms with van der Waals surface area (Å²) in [5, 5.41) is 10.5. The van der Waals surface area contributed by atoms with Crippen LogP contribution in [0.2, 0.25) is 0 Å². The first-order valence-corrected chi connectivity index (χ1v) is 35.1. The van der Waals surface area contributed by atoms with Crippen molar-refractivity contribution in [2.45, 2.75) is 323 Å². The molecule has 0 saturated heterocycles. The van der Waals surface area contributed by atoms with Crippen LogP contribution in [0, 0.1) is 5.92 Å². The molecule has 0 aromatic carbocycles. The third-order valence-electron chi connectivity index (χ3n) is 14.0. The Morgan fingerprint density at radius 1 is 0.338 bits per heavy atom. The zero-order valence-corrected chi connectivity index (χ0v) is 53.0. The Labute approximate surface area is 486 Å². The third kappa shape index (κ3) is 55.3. The van der Waals surface area contributed by atoms with Crippen molar-refractivity contribution in [3.63, 3.8) is 0 Å². The monoisotopic (exact) mass is 1180 g/mol. The van der Waals surface area contributed by atoms with Gasteiger partial charge in [0.1, 0.15) is 19.3 Å². The van der Waals surface area contributed by atoms with Crippen molar-refractivity contribution in [2.24, 2.45) is 5.92 Å². The highest BCUT2D eigenvalue weighted by Gasteiger charge is 2.30. The van der Waals surface area contributed by atoms with Crippen LogP contribution in [-0.4, -0.2) is 96.7 Å². The summed E-state index contributed by atoms with van der Waals surface area (Å²) in [6.07, 6.45) is 37.6. The molecule has 474 valence electrons. The second kappa shape index (κ2) is 55.0. The molecule has 0 bridgehead atoms. The Bertz CT molecular complexity index is 1570. The number of hydrogen-bond donors (Lipinski definition) is 3. The zero-order chi connectivity index (χ0) is 59.2. The van der Waals surface area contributed by atoms with E-state index in [2.05, 4.69) is 34.6 Å². The minimum atomic E-state index is -4.94. The summed E-state index contributed by atoms with van der Waals surface area (Å²) in [7, 11) is -9.87. The maximum atomic E-state index is 12.9. The smallest absolute Gasteiger partial charge is 0.462 e. The van der Waals surface area contributed by atoms with E-state index in [0.29, 0.717) is 25.7 Å². The Balaban J connectivity index is 5.21. The highest BCUT2D eigenvalue weighted by Crippen LogP contribution is 2.45. The number of unbranched alkanes of at least 4 members (excludes halogenated alkanes) is 33. The average molecular weight is 1190 g/mol. The predicted octanol–water partition coefficient (Wildman–Crippen LogP) is 16.6. The van der Waals surface area contributed by atoms with Gasteiger partial charge in [-0.05, 0) is 31.6 Å². The minimum absolute atomic E-state index is 0.106. The van der Waals surface area contributed by atoms with E-state index >= 15 is 0 Å². The summed E-state index contributed by atoms with van der Waals surface area (Å²) in [6, 6.07) is 0. The van der Waals surface area contributed by atoms with E-state index in [9.17, 15) is 43.2 Å². The third-order valence-corrected chi connectivity index (χ3v) is 15.9. The second-order valence-electron chi connectivity index (χ2n) is 22.6. The molecule has 0 aromatic rings. The summed E-state index contributed by atoms with van der Waals surface area (Å²) in [5.41, 5.74) is 0. The Morgan fingerprint density at radius 3 is 0.850 bits per heavy atom. The van der Waals surface area contributed by atoms with Crippen LogP contribution in [0.5, 0.6) is 0 Å². The number of carbonyl (C=O) groups is 4. The van der Waals surface area contributed by atoms with Crippen molar-refractivity contribution < 1.29 is 80.2 Å². The Kier molecular flexibility index (Phi) is 53.6. The normalized spacial score (nSPS) is 14.3. The topological polar surface area (TPSA) is 237 Å². The number of esters is 4. The van der Waals surface area contributed by atoms with Gasteiger partial charge in [0.25, 0.3) is 0 Å². The largest absolute Gasteiger partial charge is 0.472 e. The number of aliphatic hydroxyl groups excluding tert-OH is 1. The number of aliphatic hydroxyl groups is 1. The van der Waals surface area contributed by atoms with E-state index in [0.717, 1.165) is 109 Å². The van der Waals surface area contributed by atoms with Crippen molar-refractivity contribution >= 4 is 39.5 Å². The van der Waals surface area contributed by atoms with Gasteiger partial charge in [-0.15, -0.1) is 0 Å². The van der Waals surface area contributed by atoms with E-state index in [4.69, 9.17) is 37.0 Å². The Hall–Kier alpha value is -1.94. The van der Waals surface area contributed by atoms with Crippen molar-refractivity contribution in [2.75, 3.05) is 39.6 Å². The fourth-order valence-electron chi connectivity index (χ4n) is 9.05. The lowest BCUT2D eigenvalue weighted by Crippen LogP contribution is -2.30. The van der Waals surface area contributed by atoms with Crippen LogP contribution in [0.4, 0.5) is 0 Å². The van der Waals surface area contributed by atoms with Gasteiger partial charge in [-0.2, -0.15) is 0 Å². The molecule has 2 unspecified atom stereocenters. The molecule has 19 heteroatoms. The van der Waals surface area contributed by atoms with Crippen molar-refractivity contribution in [3.8, 4) is 0 Å². The summed E-state index contributed by atoms with van der Waals surface area (Å²) in [4.78, 5) is 71.9. The molecule has 0 aliphatic rings. The van der Waals surface area contributed by atoms with Crippen LogP contribution in [0.3, 0.4) is 0 Å². The quantitative estimate of drug-likeness (QED) is 0.0222. The fraction of sp³-hybridized carbons (Fsp3) is 0.934. The van der Waals surface area contributed by atoms with Gasteiger partial charge in [0.15, 0.2) is 12.2 Å². The predicted molar refractivity (Wildman–Crippen MR) is 317 cm³/mol. The van der Waals surface area contributed by atoms with Crippen LogP contribution < -0.4 is 0 Å². The Morgan fingerprint density at radius 2 is 0.575 bits per heavy atom. The van der Waals surface area contributed by atoms with Gasteiger partial charge in [0.2, 0.25) is 0 Å². The van der Waals surface area contributed by atoms with E-state index in [-0.39, 0.29) is 25.7 Å². The molecule has 0 amide bonds. The molecular formula is C61H118O17P2. The first kappa shape index (κ1) is 78.1. The van der Waals surface area contributed by atoms with E-state index in [1.807, 2.05) is 0 Å². The van der Waals surface area contributed by atoms with Crippen LogP contribution >= 0.6 is 15.6 Å². The fourth-order valence-corrected chi connectivity index (χ4v) is 10.6. The molecule has 0 rings (SSSR count). The number of phosphoric acid groups is 2. The lowest BCUT2D eigenvalue weighted by molar-refractivity contribution is -0.161. The number of carbonyl (C=O) groups excluding carboxylic acids is 4. The van der Waals surface area contributed by atoms with Crippen LogP contribution in [0.25, 0.3) is 0 Å². The molecular weight excluding hydrogens is 1070 g/mol. The molecule has 0 saturated carbocycles. The van der Waals surface area contributed by atoms with Crippen LogP contribution in [0.1, 0.15) is 304 Å². The molecule has 0 radical (unpaired) electrons. The van der Waals surface area contributed by atoms with Crippen LogP contribution in [-0.2, 0) is 65.4 Å². The number of ether oxygens (including phenoxy) is 4. The SMILES string of the molecule is CCCCCCCCCCCCC(=O)OC[C@H](COP(=O)(O)OC[C@@H](O)COP(=O)(O)OC[C@@H](COC(=O)CCCCCCCCC)OC(=O)CCCCCCCCCCCC)OC(=O)CCCCCCCCCCCCC(C)C. The molecule has 5 atom stereocenters. The molecule has 0 aromatic heterocycles. The number of hydrogen-bond acceptors (Lipinski definition) is 15. The first-order valence-electron chi connectivity index (χ1n) is 32.1. The first-order chi connectivity index (χ1) is 38.5. The summed E-state index contributed by atoms with van der Waals surface area (Å²) >= 11 is 0. The standard InChI is InChI=1S/C61H118O17P2/c1-6-9-12-15-18-20-25-30-35-40-45-59(64)72-51-57(78-61(66)47-42-37-32-27-23-22-24-29-33-38-43-54(4)5)53-76-80(69,70)74-49-55(62)48-73-79(67,68)75-52-56(50-71-58(63)44-39-34-28-17-14-11-8-3)77-60(65)46-41-36-31-26-21-19-16-13-10-7-2/h54-57,62H,6-53H2,1-5H3,(H,67,68)(H,69,70)/t55-,56+,57+/m0/s1. The molecule has 80 heavy (non-hydrogen) atoms. The van der Waals surface area contributed by atoms with Crippen molar-refractivity contribution in [1.29, 1.82) is 0 Å². The van der Waals surface area contributed by atoms with Gasteiger partial charge in [-0.25, -0.2) is 9.13 Å². The second-order valence-corrected chi connectivity index (χ2v) is 25.5. The van der Waals surface area contributed by atoms with Gasteiger partial charge >= 0.3 is 39.5 Å². The molecule has 0 spiro atoms. The van der Waals surface area contributed by atoms with Crippen molar-refractivity contribution in [3.05, 3.63) is 0 Å². The van der Waals surface area contributed by atoms with Gasteiger partial charge in [0.05, 0.1) is 26.4 Å². The molecule has 17 nitrogen and oxygen atoms in total. The maximum Gasteiger partial charge on any atom is 0.472 e. The van der Waals surface area contributed by atoms with E-state index in [1.165, 1.54) is 116 Å². The summed E-state index contributed by atoms with van der Waals surface area (Å²) in [5.74, 6) is -1.39. The maximum absolute atomic E-state index is 12.9. The zero-order valence-electron chi connectivity index (χ0n) is 51.2. The highest BCUT2D eigenvalue weighted by molar-refractivity contribution is 7.47. The van der Waals surface area contributed by atoms with Gasteiger partial charge in [0, 0.05) is 25.7 Å². The van der Waals surface area contributed by atoms with E-state index < -0.39 is 97.5 Å². The minimum Gasteiger partial charge on any atom is -0.462 e.